The molecule has 1 aromatic heterocycles. The van der Waals surface area contributed by atoms with Crippen molar-refractivity contribution in [2.75, 3.05) is 0 Å². The third-order valence-corrected chi connectivity index (χ3v) is 2.09. The molecule has 1 heterocycles. The number of H-pyrrole nitrogens is 1. The lowest BCUT2D eigenvalue weighted by atomic mass is 10.1. The van der Waals surface area contributed by atoms with Crippen LogP contribution in [0.2, 0.25) is 0 Å². The van der Waals surface area contributed by atoms with E-state index in [4.69, 9.17) is 5.73 Å². The zero-order valence-corrected chi connectivity index (χ0v) is 8.07. The maximum Gasteiger partial charge on any atom is 0.0722 e. The lowest BCUT2D eigenvalue weighted by Crippen LogP contribution is -2.09. The maximum atomic E-state index is 5.65. The highest BCUT2D eigenvalue weighted by Gasteiger charge is 1.98. The van der Waals surface area contributed by atoms with Gasteiger partial charge in [0.1, 0.15) is 0 Å². The smallest absolute Gasteiger partial charge is 0.0722 e. The summed E-state index contributed by atoms with van der Waals surface area (Å²) in [4.78, 5) is 0. The number of nitrogens with two attached hydrogens (primary N) is 1. The minimum atomic E-state index is 0.0770. The van der Waals surface area contributed by atoms with E-state index in [1.54, 1.807) is 0 Å². The summed E-state index contributed by atoms with van der Waals surface area (Å²) in [7, 11) is 0. The number of nitrogens with zero attached hydrogens (tertiary/aromatic N) is 1. The molecule has 2 aromatic rings. The summed E-state index contributed by atoms with van der Waals surface area (Å²) in [5.74, 6) is 0. The van der Waals surface area contributed by atoms with Gasteiger partial charge in [-0.05, 0) is 12.5 Å². The van der Waals surface area contributed by atoms with Crippen molar-refractivity contribution in [3.63, 3.8) is 0 Å². The average Bonchev–Trinajstić information content (AvgIpc) is 2.62. The average molecular weight is 187 g/mol. The molecule has 0 radical (unpaired) electrons. The van der Waals surface area contributed by atoms with Gasteiger partial charge in [0.05, 0.1) is 11.7 Å². The number of rotatable bonds is 2. The molecule has 0 amide bonds. The van der Waals surface area contributed by atoms with Gasteiger partial charge in [0.2, 0.25) is 0 Å². The van der Waals surface area contributed by atoms with E-state index < -0.39 is 0 Å². The maximum absolute atomic E-state index is 5.65. The summed E-state index contributed by atoms with van der Waals surface area (Å²) in [5, 5.41) is 8.09. The molecule has 0 aliphatic rings. The number of aromatic amines is 1. The van der Waals surface area contributed by atoms with Gasteiger partial charge in [-0.3, -0.25) is 5.10 Å². The SMILES string of the molecule is CC(N)/C=C/c1cccc2cn[nH]c12. The van der Waals surface area contributed by atoms with E-state index in [1.165, 1.54) is 0 Å². The molecule has 0 aliphatic heterocycles. The molecule has 3 N–H and O–H groups in total. The minimum absolute atomic E-state index is 0.0770. The van der Waals surface area contributed by atoms with Crippen LogP contribution in [0.4, 0.5) is 0 Å². The van der Waals surface area contributed by atoms with E-state index >= 15 is 0 Å². The summed E-state index contributed by atoms with van der Waals surface area (Å²) < 4.78 is 0. The third kappa shape index (κ3) is 1.67. The van der Waals surface area contributed by atoms with Gasteiger partial charge >= 0.3 is 0 Å². The summed E-state index contributed by atoms with van der Waals surface area (Å²) >= 11 is 0. The van der Waals surface area contributed by atoms with Crippen molar-refractivity contribution < 1.29 is 0 Å². The number of hydrogen-bond acceptors (Lipinski definition) is 2. The number of fused-ring (bicyclic) bond motifs is 1. The second-order valence-corrected chi connectivity index (χ2v) is 3.40. The van der Waals surface area contributed by atoms with Gasteiger partial charge in [0.15, 0.2) is 0 Å². The highest BCUT2D eigenvalue weighted by molar-refractivity contribution is 5.86. The lowest BCUT2D eigenvalue weighted by molar-refractivity contribution is 0.931. The molecule has 0 aliphatic carbocycles. The van der Waals surface area contributed by atoms with E-state index in [1.807, 2.05) is 43.5 Å². The van der Waals surface area contributed by atoms with Crippen molar-refractivity contribution in [1.82, 2.24) is 10.2 Å². The molecule has 72 valence electrons. The zero-order valence-electron chi connectivity index (χ0n) is 8.07. The van der Waals surface area contributed by atoms with E-state index in [0.29, 0.717) is 0 Å². The van der Waals surface area contributed by atoms with Crippen molar-refractivity contribution in [1.29, 1.82) is 0 Å². The summed E-state index contributed by atoms with van der Waals surface area (Å²) in [5.41, 5.74) is 7.83. The molecule has 14 heavy (non-hydrogen) atoms. The van der Waals surface area contributed by atoms with Crippen molar-refractivity contribution in [3.05, 3.63) is 36.0 Å². The fraction of sp³-hybridized carbons (Fsp3) is 0.182. The van der Waals surface area contributed by atoms with Crippen molar-refractivity contribution >= 4 is 17.0 Å². The van der Waals surface area contributed by atoms with E-state index in [0.717, 1.165) is 16.5 Å². The molecular formula is C11H13N3. The van der Waals surface area contributed by atoms with Crippen molar-refractivity contribution in [2.24, 2.45) is 5.73 Å². The number of para-hydroxylation sites is 1. The quantitative estimate of drug-likeness (QED) is 0.754. The molecular weight excluding hydrogens is 174 g/mol. The van der Waals surface area contributed by atoms with Crippen LogP contribution < -0.4 is 5.73 Å². The molecule has 0 bridgehead atoms. The monoisotopic (exact) mass is 187 g/mol. The van der Waals surface area contributed by atoms with Crippen LogP contribution in [0.15, 0.2) is 30.5 Å². The van der Waals surface area contributed by atoms with E-state index in [-0.39, 0.29) is 6.04 Å². The Balaban J connectivity index is 2.46. The Bertz CT molecular complexity index is 454. The van der Waals surface area contributed by atoms with Crippen LogP contribution >= 0.6 is 0 Å². The third-order valence-electron chi connectivity index (χ3n) is 2.09. The van der Waals surface area contributed by atoms with Gasteiger partial charge in [0, 0.05) is 11.4 Å². The Labute approximate surface area is 82.6 Å². The number of aromatic nitrogens is 2. The molecule has 0 spiro atoms. The summed E-state index contributed by atoms with van der Waals surface area (Å²) in [6, 6.07) is 6.16. The molecule has 1 atom stereocenters. The van der Waals surface area contributed by atoms with Gasteiger partial charge in [-0.15, -0.1) is 0 Å². The Morgan fingerprint density at radius 1 is 1.50 bits per heavy atom. The predicted molar refractivity (Wildman–Crippen MR) is 58.8 cm³/mol. The molecule has 0 saturated carbocycles. The zero-order chi connectivity index (χ0) is 9.97. The Morgan fingerprint density at radius 3 is 3.14 bits per heavy atom. The van der Waals surface area contributed by atoms with Crippen LogP contribution in [-0.2, 0) is 0 Å². The van der Waals surface area contributed by atoms with Gasteiger partial charge < -0.3 is 5.73 Å². The standard InChI is InChI=1S/C11H13N3/c1-8(12)5-6-9-3-2-4-10-7-13-14-11(9)10/h2-8H,12H2,1H3,(H,13,14)/b6-5+. The number of nitrogens with one attached hydrogen (secondary N) is 1. The normalized spacial score (nSPS) is 13.9. The Hall–Kier alpha value is -1.61. The van der Waals surface area contributed by atoms with Crippen molar-refractivity contribution in [2.45, 2.75) is 13.0 Å². The van der Waals surface area contributed by atoms with Crippen LogP contribution in [0.5, 0.6) is 0 Å². The molecule has 0 fully saturated rings. The van der Waals surface area contributed by atoms with Gasteiger partial charge in [-0.1, -0.05) is 30.4 Å². The second kappa shape index (κ2) is 3.64. The van der Waals surface area contributed by atoms with E-state index in [2.05, 4.69) is 10.2 Å². The highest BCUT2D eigenvalue weighted by atomic mass is 15.1. The number of hydrogen-bond donors (Lipinski definition) is 2. The topological polar surface area (TPSA) is 54.7 Å². The van der Waals surface area contributed by atoms with Gasteiger partial charge in [-0.25, -0.2) is 0 Å². The van der Waals surface area contributed by atoms with Crippen LogP contribution in [0.1, 0.15) is 12.5 Å². The van der Waals surface area contributed by atoms with Gasteiger partial charge in [-0.2, -0.15) is 5.10 Å². The Kier molecular flexibility index (Phi) is 2.33. The number of benzene rings is 1. The van der Waals surface area contributed by atoms with Crippen LogP contribution in [0.25, 0.3) is 17.0 Å². The first-order valence-corrected chi connectivity index (χ1v) is 4.63. The van der Waals surface area contributed by atoms with Crippen LogP contribution in [-0.4, -0.2) is 16.2 Å². The molecule has 2 rings (SSSR count). The molecule has 3 nitrogen and oxygen atoms in total. The predicted octanol–water partition coefficient (Wildman–Crippen LogP) is 1.92. The first-order chi connectivity index (χ1) is 6.77. The fourth-order valence-corrected chi connectivity index (χ4v) is 1.39. The summed E-state index contributed by atoms with van der Waals surface area (Å²) in [6.45, 7) is 1.95. The molecule has 3 heteroatoms. The molecule has 1 unspecified atom stereocenters. The second-order valence-electron chi connectivity index (χ2n) is 3.40. The lowest BCUT2D eigenvalue weighted by Gasteiger charge is -1.97. The molecule has 1 aromatic carbocycles. The van der Waals surface area contributed by atoms with Crippen LogP contribution in [0, 0.1) is 0 Å². The van der Waals surface area contributed by atoms with Gasteiger partial charge in [0.25, 0.3) is 0 Å². The largest absolute Gasteiger partial charge is 0.325 e. The highest BCUT2D eigenvalue weighted by Crippen LogP contribution is 2.16. The summed E-state index contributed by atoms with van der Waals surface area (Å²) in [6.07, 6.45) is 5.80. The van der Waals surface area contributed by atoms with Crippen molar-refractivity contribution in [3.8, 4) is 0 Å². The Morgan fingerprint density at radius 2 is 2.36 bits per heavy atom. The first-order valence-electron chi connectivity index (χ1n) is 4.63. The van der Waals surface area contributed by atoms with Crippen LogP contribution in [0.3, 0.4) is 0 Å². The molecule has 0 saturated heterocycles. The van der Waals surface area contributed by atoms with E-state index in [9.17, 15) is 0 Å². The minimum Gasteiger partial charge on any atom is -0.325 e. The first kappa shape index (κ1) is 8.97. The fourth-order valence-electron chi connectivity index (χ4n) is 1.39.